The molecule has 1 aliphatic rings. The summed E-state index contributed by atoms with van der Waals surface area (Å²) in [4.78, 5) is 20.7. The predicted molar refractivity (Wildman–Crippen MR) is 136 cm³/mol. The average Bonchev–Trinajstić information content (AvgIpc) is 3.62. The van der Waals surface area contributed by atoms with Crippen LogP contribution in [-0.4, -0.2) is 56.0 Å². The lowest BCUT2D eigenvalue weighted by Gasteiger charge is -2.28. The van der Waals surface area contributed by atoms with E-state index in [0.29, 0.717) is 55.2 Å². The number of rotatable bonds is 6. The fourth-order valence-corrected chi connectivity index (χ4v) is 4.17. The molecule has 0 amide bonds. The van der Waals surface area contributed by atoms with Gasteiger partial charge < -0.3 is 19.4 Å². The zero-order valence-corrected chi connectivity index (χ0v) is 19.7. The van der Waals surface area contributed by atoms with E-state index in [1.54, 1.807) is 29.5 Å². The molecule has 1 fully saturated rings. The standard InChI is InChI=1S/C26H24N8O2/c1-33-11-7-21(32-33)18-3-2-4-19(17-18)23-22(25-28-10-14-36-25)24(29-20-5-8-27-9-6-20)31-26(30-23)34-12-15-35-16-13-34/h2-11,14,17H,12-13,15-16H2,1H3,(H,27,29,30,31). The highest BCUT2D eigenvalue weighted by molar-refractivity contribution is 5.88. The van der Waals surface area contributed by atoms with Crippen molar-refractivity contribution in [1.82, 2.24) is 29.7 Å². The lowest BCUT2D eigenvalue weighted by Crippen LogP contribution is -2.37. The highest BCUT2D eigenvalue weighted by Gasteiger charge is 2.24. The average molecular weight is 481 g/mol. The summed E-state index contributed by atoms with van der Waals surface area (Å²) in [6, 6.07) is 13.9. The first kappa shape index (κ1) is 21.9. The maximum absolute atomic E-state index is 5.77. The number of aromatic nitrogens is 6. The van der Waals surface area contributed by atoms with E-state index in [2.05, 4.69) is 31.3 Å². The van der Waals surface area contributed by atoms with Crippen molar-refractivity contribution >= 4 is 17.5 Å². The highest BCUT2D eigenvalue weighted by Crippen LogP contribution is 2.38. The summed E-state index contributed by atoms with van der Waals surface area (Å²) in [5.41, 5.74) is 5.00. The summed E-state index contributed by atoms with van der Waals surface area (Å²) < 4.78 is 13.1. The SMILES string of the molecule is Cn1ccc(-c2cccc(-c3nc(N4CCOCC4)nc(Nc4ccncc4)c3-c3ncco3)c2)n1. The second kappa shape index (κ2) is 9.59. The Morgan fingerprint density at radius 1 is 0.944 bits per heavy atom. The molecule has 0 radical (unpaired) electrons. The molecule has 0 unspecified atom stereocenters. The van der Waals surface area contributed by atoms with Gasteiger partial charge >= 0.3 is 0 Å². The van der Waals surface area contributed by atoms with Gasteiger partial charge in [-0.25, -0.2) is 9.97 Å². The van der Waals surface area contributed by atoms with E-state index in [1.165, 1.54) is 0 Å². The van der Waals surface area contributed by atoms with Crippen LogP contribution in [0.5, 0.6) is 0 Å². The summed E-state index contributed by atoms with van der Waals surface area (Å²) in [6.45, 7) is 2.67. The Morgan fingerprint density at radius 3 is 2.53 bits per heavy atom. The molecule has 6 rings (SSSR count). The van der Waals surface area contributed by atoms with Gasteiger partial charge in [-0.3, -0.25) is 9.67 Å². The van der Waals surface area contributed by atoms with Crippen molar-refractivity contribution in [1.29, 1.82) is 0 Å². The minimum atomic E-state index is 0.429. The van der Waals surface area contributed by atoms with Crippen molar-refractivity contribution in [2.45, 2.75) is 0 Å². The number of hydrogen-bond donors (Lipinski definition) is 1. The first-order valence-corrected chi connectivity index (χ1v) is 11.7. The molecule has 5 aromatic rings. The molecule has 0 bridgehead atoms. The van der Waals surface area contributed by atoms with Gasteiger partial charge in [-0.05, 0) is 24.3 Å². The zero-order valence-electron chi connectivity index (χ0n) is 19.7. The minimum Gasteiger partial charge on any atom is -0.444 e. The molecule has 0 atom stereocenters. The number of nitrogens with one attached hydrogen (secondary N) is 1. The third-order valence-electron chi connectivity index (χ3n) is 5.93. The molecule has 36 heavy (non-hydrogen) atoms. The lowest BCUT2D eigenvalue weighted by atomic mass is 10.0. The van der Waals surface area contributed by atoms with E-state index >= 15 is 0 Å². The number of pyridine rings is 1. The van der Waals surface area contributed by atoms with Crippen LogP contribution in [-0.2, 0) is 11.8 Å². The summed E-state index contributed by atoms with van der Waals surface area (Å²) in [5, 5.41) is 8.00. The first-order valence-electron chi connectivity index (χ1n) is 11.7. The van der Waals surface area contributed by atoms with Gasteiger partial charge in [0, 0.05) is 55.5 Å². The number of anilines is 3. The van der Waals surface area contributed by atoms with Crippen molar-refractivity contribution in [3.8, 4) is 34.0 Å². The molecule has 0 saturated carbocycles. The maximum Gasteiger partial charge on any atom is 0.231 e. The van der Waals surface area contributed by atoms with Crippen molar-refractivity contribution in [3.05, 3.63) is 73.5 Å². The Kier molecular flexibility index (Phi) is 5.84. The molecule has 1 saturated heterocycles. The topological polar surface area (TPSA) is 107 Å². The van der Waals surface area contributed by atoms with Crippen LogP contribution in [0.2, 0.25) is 0 Å². The van der Waals surface area contributed by atoms with Crippen LogP contribution < -0.4 is 10.2 Å². The fourth-order valence-electron chi connectivity index (χ4n) is 4.17. The van der Waals surface area contributed by atoms with Gasteiger partial charge in [-0.1, -0.05) is 18.2 Å². The van der Waals surface area contributed by atoms with Crippen LogP contribution in [0, 0.1) is 0 Å². The zero-order chi connectivity index (χ0) is 24.3. The molecule has 0 aliphatic carbocycles. The second-order valence-corrected chi connectivity index (χ2v) is 8.35. The van der Waals surface area contributed by atoms with E-state index in [-0.39, 0.29) is 0 Å². The first-order chi connectivity index (χ1) is 17.7. The van der Waals surface area contributed by atoms with Crippen molar-refractivity contribution in [2.24, 2.45) is 7.05 Å². The quantitative estimate of drug-likeness (QED) is 0.383. The second-order valence-electron chi connectivity index (χ2n) is 8.35. The largest absolute Gasteiger partial charge is 0.444 e. The number of hydrogen-bond acceptors (Lipinski definition) is 9. The van der Waals surface area contributed by atoms with Gasteiger partial charge in [0.2, 0.25) is 11.8 Å². The van der Waals surface area contributed by atoms with E-state index in [4.69, 9.17) is 19.1 Å². The lowest BCUT2D eigenvalue weighted by molar-refractivity contribution is 0.122. The Bertz CT molecular complexity index is 1460. The minimum absolute atomic E-state index is 0.429. The van der Waals surface area contributed by atoms with Crippen molar-refractivity contribution < 1.29 is 9.15 Å². The van der Waals surface area contributed by atoms with Gasteiger partial charge in [-0.15, -0.1) is 0 Å². The van der Waals surface area contributed by atoms with Crippen LogP contribution in [0.3, 0.4) is 0 Å². The smallest absolute Gasteiger partial charge is 0.231 e. The predicted octanol–water partition coefficient (Wildman–Crippen LogP) is 4.17. The van der Waals surface area contributed by atoms with Crippen LogP contribution >= 0.6 is 0 Å². The number of morpholine rings is 1. The summed E-state index contributed by atoms with van der Waals surface area (Å²) in [7, 11) is 1.91. The Balaban J connectivity index is 1.55. The van der Waals surface area contributed by atoms with E-state index in [9.17, 15) is 0 Å². The van der Waals surface area contributed by atoms with Crippen LogP contribution in [0.25, 0.3) is 34.0 Å². The van der Waals surface area contributed by atoms with E-state index in [0.717, 1.165) is 22.5 Å². The summed E-state index contributed by atoms with van der Waals surface area (Å²) >= 11 is 0. The summed E-state index contributed by atoms with van der Waals surface area (Å²) in [6.07, 6.45) is 8.56. The third-order valence-corrected chi connectivity index (χ3v) is 5.93. The number of benzene rings is 1. The van der Waals surface area contributed by atoms with Crippen LogP contribution in [0.4, 0.5) is 17.5 Å². The molecule has 1 aromatic carbocycles. The van der Waals surface area contributed by atoms with Crippen LogP contribution in [0.15, 0.2) is 77.9 Å². The Labute approximate surface area is 207 Å². The number of nitrogens with zero attached hydrogens (tertiary/aromatic N) is 7. The molecule has 0 spiro atoms. The molecule has 10 nitrogen and oxygen atoms in total. The Morgan fingerprint density at radius 2 is 1.78 bits per heavy atom. The molecular weight excluding hydrogens is 456 g/mol. The van der Waals surface area contributed by atoms with E-state index < -0.39 is 0 Å². The molecule has 180 valence electrons. The van der Waals surface area contributed by atoms with Crippen molar-refractivity contribution in [2.75, 3.05) is 36.5 Å². The van der Waals surface area contributed by atoms with Gasteiger partial charge in [0.05, 0.1) is 30.8 Å². The molecule has 4 aromatic heterocycles. The third kappa shape index (κ3) is 4.41. The number of oxazole rings is 1. The molecular formula is C26H24N8O2. The van der Waals surface area contributed by atoms with E-state index in [1.807, 2.05) is 49.6 Å². The maximum atomic E-state index is 5.77. The highest BCUT2D eigenvalue weighted by atomic mass is 16.5. The molecule has 1 aliphatic heterocycles. The number of aryl methyl sites for hydroxylation is 1. The molecule has 10 heteroatoms. The van der Waals surface area contributed by atoms with Gasteiger partial charge in [-0.2, -0.15) is 10.1 Å². The van der Waals surface area contributed by atoms with Crippen molar-refractivity contribution in [3.63, 3.8) is 0 Å². The molecule has 1 N–H and O–H groups in total. The Hall–Kier alpha value is -4.57. The molecule has 5 heterocycles. The summed E-state index contributed by atoms with van der Waals surface area (Å²) in [5.74, 6) is 1.64. The normalized spacial score (nSPS) is 13.6. The van der Waals surface area contributed by atoms with Gasteiger partial charge in [0.25, 0.3) is 0 Å². The fraction of sp³-hybridized carbons (Fsp3) is 0.192. The number of ether oxygens (including phenoxy) is 1. The van der Waals surface area contributed by atoms with Gasteiger partial charge in [0.1, 0.15) is 17.6 Å². The van der Waals surface area contributed by atoms with Gasteiger partial charge in [0.15, 0.2) is 0 Å². The monoisotopic (exact) mass is 480 g/mol. The van der Waals surface area contributed by atoms with Crippen LogP contribution in [0.1, 0.15) is 0 Å².